The fourth-order valence-corrected chi connectivity index (χ4v) is 3.94. The summed E-state index contributed by atoms with van der Waals surface area (Å²) in [6.07, 6.45) is 6.47. The number of carbonyl (C=O) groups excluding carboxylic acids is 1. The quantitative estimate of drug-likeness (QED) is 0.470. The van der Waals surface area contributed by atoms with Crippen molar-refractivity contribution in [3.63, 3.8) is 0 Å². The van der Waals surface area contributed by atoms with Gasteiger partial charge in [-0.3, -0.25) is 9.79 Å². The highest BCUT2D eigenvalue weighted by atomic mass is 16.1. The van der Waals surface area contributed by atoms with Crippen LogP contribution in [0, 0.1) is 0 Å². The Labute approximate surface area is 185 Å². The van der Waals surface area contributed by atoms with E-state index in [0.717, 1.165) is 28.8 Å². The van der Waals surface area contributed by atoms with E-state index in [1.54, 1.807) is 17.1 Å². The standard InChI is InChI=1S/C24H21N7O/c1-26-20-8-10-22(31-13-3-12-28-31)29-24(20)30(15-17-4-2-11-27-23(17)25)18-6-7-19-16(14-18)5-9-21(19)32/h2-4,6-8,10-14H,1,5,9,15H2,(H2,25,27). The van der Waals surface area contributed by atoms with Crippen molar-refractivity contribution >= 4 is 35.5 Å². The molecule has 0 radical (unpaired) electrons. The third-order valence-corrected chi connectivity index (χ3v) is 5.58. The topological polar surface area (TPSA) is 102 Å². The van der Waals surface area contributed by atoms with Gasteiger partial charge < -0.3 is 10.6 Å². The van der Waals surface area contributed by atoms with Gasteiger partial charge in [-0.15, -0.1) is 0 Å². The average molecular weight is 423 g/mol. The number of nitrogen functional groups attached to an aromatic ring is 1. The minimum Gasteiger partial charge on any atom is -0.383 e. The Kier molecular flexibility index (Phi) is 4.95. The van der Waals surface area contributed by atoms with Gasteiger partial charge in [0.2, 0.25) is 0 Å². The number of aromatic nitrogens is 4. The van der Waals surface area contributed by atoms with Crippen LogP contribution in [0.25, 0.3) is 5.82 Å². The molecule has 0 spiro atoms. The van der Waals surface area contributed by atoms with E-state index in [4.69, 9.17) is 10.7 Å². The van der Waals surface area contributed by atoms with Gasteiger partial charge in [0, 0.05) is 41.8 Å². The summed E-state index contributed by atoms with van der Waals surface area (Å²) < 4.78 is 1.69. The number of carbonyl (C=O) groups is 1. The Hall–Kier alpha value is -4.33. The van der Waals surface area contributed by atoms with Crippen LogP contribution in [-0.4, -0.2) is 32.2 Å². The maximum Gasteiger partial charge on any atom is 0.163 e. The second-order valence-electron chi connectivity index (χ2n) is 7.52. The minimum atomic E-state index is 0.182. The SMILES string of the molecule is C=Nc1ccc(-n2cccn2)nc1N(Cc1cccnc1N)c1ccc2c(c1)CCC2=O. The van der Waals surface area contributed by atoms with Crippen molar-refractivity contribution in [2.24, 2.45) is 4.99 Å². The number of pyridine rings is 2. The molecule has 1 aromatic carbocycles. The van der Waals surface area contributed by atoms with Gasteiger partial charge in [0.25, 0.3) is 0 Å². The second-order valence-corrected chi connectivity index (χ2v) is 7.52. The predicted molar refractivity (Wildman–Crippen MR) is 124 cm³/mol. The highest BCUT2D eigenvalue weighted by Gasteiger charge is 2.23. The fraction of sp³-hybridized carbons (Fsp3) is 0.125. The molecule has 1 aliphatic rings. The van der Waals surface area contributed by atoms with Crippen LogP contribution < -0.4 is 10.6 Å². The first kappa shape index (κ1) is 19.6. The monoisotopic (exact) mass is 423 g/mol. The van der Waals surface area contributed by atoms with Crippen LogP contribution in [0.2, 0.25) is 0 Å². The molecule has 3 heterocycles. The predicted octanol–water partition coefficient (Wildman–Crippen LogP) is 4.04. The molecular formula is C24H21N7O. The summed E-state index contributed by atoms with van der Waals surface area (Å²) in [6.45, 7) is 4.15. The molecule has 0 atom stereocenters. The van der Waals surface area contributed by atoms with E-state index < -0.39 is 0 Å². The molecule has 1 aliphatic carbocycles. The van der Waals surface area contributed by atoms with E-state index in [1.807, 2.05) is 59.6 Å². The molecule has 8 heteroatoms. The molecule has 0 amide bonds. The first-order valence-corrected chi connectivity index (χ1v) is 10.2. The van der Waals surface area contributed by atoms with Gasteiger partial charge in [0.15, 0.2) is 17.4 Å². The lowest BCUT2D eigenvalue weighted by Gasteiger charge is -2.26. The van der Waals surface area contributed by atoms with Gasteiger partial charge in [-0.2, -0.15) is 5.10 Å². The number of ketones is 1. The summed E-state index contributed by atoms with van der Waals surface area (Å²) in [5, 5.41) is 4.29. The van der Waals surface area contributed by atoms with Crippen molar-refractivity contribution in [3.8, 4) is 5.82 Å². The molecule has 0 fully saturated rings. The number of aryl methyl sites for hydroxylation is 1. The highest BCUT2D eigenvalue weighted by Crippen LogP contribution is 2.37. The lowest BCUT2D eigenvalue weighted by molar-refractivity contribution is 0.0994. The molecule has 4 aromatic rings. The minimum absolute atomic E-state index is 0.182. The number of fused-ring (bicyclic) bond motifs is 1. The third kappa shape index (κ3) is 3.51. The Morgan fingerprint density at radius 2 is 2.03 bits per heavy atom. The Morgan fingerprint density at radius 1 is 1.12 bits per heavy atom. The number of nitrogens with zero attached hydrogens (tertiary/aromatic N) is 6. The molecule has 0 saturated heterocycles. The second kappa shape index (κ2) is 8.07. The summed E-state index contributed by atoms with van der Waals surface area (Å²) in [4.78, 5) is 27.5. The van der Waals surface area contributed by atoms with Crippen molar-refractivity contribution in [2.45, 2.75) is 19.4 Å². The van der Waals surface area contributed by atoms with Crippen LogP contribution >= 0.6 is 0 Å². The number of aliphatic imine (C=N–C) groups is 1. The lowest BCUT2D eigenvalue weighted by Crippen LogP contribution is -2.20. The summed E-state index contributed by atoms with van der Waals surface area (Å²) in [7, 11) is 0. The Morgan fingerprint density at radius 3 is 2.81 bits per heavy atom. The summed E-state index contributed by atoms with van der Waals surface area (Å²) in [6, 6.07) is 15.2. The molecular weight excluding hydrogens is 402 g/mol. The van der Waals surface area contributed by atoms with Crippen LogP contribution in [0.15, 0.2) is 72.1 Å². The van der Waals surface area contributed by atoms with Crippen LogP contribution in [0.3, 0.4) is 0 Å². The molecule has 5 rings (SSSR count). The maximum absolute atomic E-state index is 12.1. The van der Waals surface area contributed by atoms with Gasteiger partial charge in [0.05, 0.1) is 6.54 Å². The van der Waals surface area contributed by atoms with Crippen molar-refractivity contribution in [3.05, 3.63) is 83.8 Å². The number of hydrogen-bond donors (Lipinski definition) is 1. The maximum atomic E-state index is 12.1. The number of benzene rings is 1. The zero-order valence-electron chi connectivity index (χ0n) is 17.3. The number of anilines is 3. The molecule has 2 N–H and O–H groups in total. The third-order valence-electron chi connectivity index (χ3n) is 5.58. The van der Waals surface area contributed by atoms with Crippen molar-refractivity contribution in [2.75, 3.05) is 10.6 Å². The highest BCUT2D eigenvalue weighted by molar-refractivity contribution is 6.01. The van der Waals surface area contributed by atoms with Gasteiger partial charge in [-0.25, -0.2) is 14.6 Å². The molecule has 158 valence electrons. The lowest BCUT2D eigenvalue weighted by atomic mass is 10.1. The van der Waals surface area contributed by atoms with E-state index >= 15 is 0 Å². The number of hydrogen-bond acceptors (Lipinski definition) is 7. The van der Waals surface area contributed by atoms with Crippen LogP contribution in [0.5, 0.6) is 0 Å². The van der Waals surface area contributed by atoms with E-state index in [0.29, 0.717) is 36.1 Å². The number of rotatable bonds is 6. The molecule has 0 bridgehead atoms. The fourth-order valence-electron chi connectivity index (χ4n) is 3.94. The number of nitrogens with two attached hydrogens (primary N) is 1. The average Bonchev–Trinajstić information content (AvgIpc) is 3.48. The summed E-state index contributed by atoms with van der Waals surface area (Å²) in [5.74, 6) is 1.89. The molecule has 8 nitrogen and oxygen atoms in total. The van der Waals surface area contributed by atoms with Gasteiger partial charge in [-0.1, -0.05) is 6.07 Å². The van der Waals surface area contributed by atoms with E-state index in [9.17, 15) is 4.79 Å². The molecule has 3 aromatic heterocycles. The Balaban J connectivity index is 1.66. The summed E-state index contributed by atoms with van der Waals surface area (Å²) >= 11 is 0. The zero-order valence-corrected chi connectivity index (χ0v) is 17.3. The van der Waals surface area contributed by atoms with Gasteiger partial charge >= 0.3 is 0 Å². The van der Waals surface area contributed by atoms with Crippen molar-refractivity contribution in [1.29, 1.82) is 0 Å². The number of Topliss-reactive ketones (excluding diaryl/α,β-unsaturated/α-hetero) is 1. The van der Waals surface area contributed by atoms with E-state index in [1.165, 1.54) is 0 Å². The van der Waals surface area contributed by atoms with Gasteiger partial charge in [-0.05, 0) is 61.2 Å². The van der Waals surface area contributed by atoms with Crippen LogP contribution in [0.4, 0.5) is 23.0 Å². The Bertz CT molecular complexity index is 1310. The first-order chi connectivity index (χ1) is 15.6. The van der Waals surface area contributed by atoms with Gasteiger partial charge in [0.1, 0.15) is 11.5 Å². The molecule has 0 aliphatic heterocycles. The summed E-state index contributed by atoms with van der Waals surface area (Å²) in [5.41, 5.74) is 10.3. The molecule has 0 unspecified atom stereocenters. The smallest absolute Gasteiger partial charge is 0.163 e. The van der Waals surface area contributed by atoms with E-state index in [2.05, 4.69) is 21.8 Å². The van der Waals surface area contributed by atoms with Crippen molar-refractivity contribution in [1.82, 2.24) is 19.7 Å². The van der Waals surface area contributed by atoms with Crippen LogP contribution in [0.1, 0.15) is 27.9 Å². The first-order valence-electron chi connectivity index (χ1n) is 10.2. The van der Waals surface area contributed by atoms with Crippen molar-refractivity contribution < 1.29 is 4.79 Å². The van der Waals surface area contributed by atoms with E-state index in [-0.39, 0.29) is 5.78 Å². The van der Waals surface area contributed by atoms with Crippen LogP contribution in [-0.2, 0) is 13.0 Å². The zero-order chi connectivity index (χ0) is 22.1. The molecule has 0 saturated carbocycles. The largest absolute Gasteiger partial charge is 0.383 e. The molecule has 32 heavy (non-hydrogen) atoms. The normalized spacial score (nSPS) is 12.6.